The zero-order valence-corrected chi connectivity index (χ0v) is 18.3. The Kier molecular flexibility index (Phi) is 7.30. The highest BCUT2D eigenvalue weighted by molar-refractivity contribution is 7.18. The molecule has 0 saturated carbocycles. The molecule has 0 saturated heterocycles. The van der Waals surface area contributed by atoms with Crippen LogP contribution in [0.1, 0.15) is 48.2 Å². The minimum atomic E-state index is -0.705. The maximum Gasteiger partial charge on any atom is 0.251 e. The molecule has 0 spiro atoms. The van der Waals surface area contributed by atoms with Gasteiger partial charge in [0.1, 0.15) is 11.0 Å². The summed E-state index contributed by atoms with van der Waals surface area (Å²) in [6, 6.07) is 14.7. The minimum Gasteiger partial charge on any atom is -0.341 e. The van der Waals surface area contributed by atoms with Crippen molar-refractivity contribution < 1.29 is 9.59 Å². The Morgan fingerprint density at radius 1 is 1.10 bits per heavy atom. The fourth-order valence-electron chi connectivity index (χ4n) is 2.93. The lowest BCUT2D eigenvalue weighted by Gasteiger charge is -2.13. The molecule has 3 aromatic rings. The second-order valence-electron chi connectivity index (χ2n) is 7.27. The van der Waals surface area contributed by atoms with E-state index in [0.717, 1.165) is 35.4 Å². The van der Waals surface area contributed by atoms with Crippen LogP contribution in [0.15, 0.2) is 48.5 Å². The first kappa shape index (κ1) is 21.6. The summed E-state index contributed by atoms with van der Waals surface area (Å²) >= 11 is 1.30. The van der Waals surface area contributed by atoms with E-state index in [4.69, 9.17) is 0 Å². The molecule has 0 aliphatic heterocycles. The molecule has 2 amide bonds. The predicted molar refractivity (Wildman–Crippen MR) is 121 cm³/mol. The van der Waals surface area contributed by atoms with Crippen LogP contribution < -0.4 is 10.6 Å². The van der Waals surface area contributed by atoms with Crippen LogP contribution >= 0.6 is 11.3 Å². The zero-order valence-electron chi connectivity index (χ0n) is 17.4. The van der Waals surface area contributed by atoms with Crippen LogP contribution in [0.25, 0.3) is 10.6 Å². The van der Waals surface area contributed by atoms with E-state index >= 15 is 0 Å². The maximum atomic E-state index is 12.5. The molecule has 1 atom stereocenters. The number of carbonyl (C=O) groups excluding carboxylic acids is 2. The number of carbonyl (C=O) groups is 2. The lowest BCUT2D eigenvalue weighted by Crippen LogP contribution is -2.41. The van der Waals surface area contributed by atoms with Crippen molar-refractivity contribution in [3.05, 3.63) is 65.2 Å². The van der Waals surface area contributed by atoms with Crippen LogP contribution in [0.3, 0.4) is 0 Å². The molecule has 0 fully saturated rings. The van der Waals surface area contributed by atoms with Gasteiger partial charge in [0.05, 0.1) is 0 Å². The van der Waals surface area contributed by atoms with Crippen molar-refractivity contribution in [3.8, 4) is 10.6 Å². The molecule has 6 nitrogen and oxygen atoms in total. The number of anilines is 1. The molecule has 0 bridgehead atoms. The molecule has 2 aromatic carbocycles. The van der Waals surface area contributed by atoms with E-state index in [-0.39, 0.29) is 11.8 Å². The average Bonchev–Trinajstić information content (AvgIpc) is 3.21. The number of unbranched alkanes of at least 4 members (excludes halogenated alkanes) is 1. The highest BCUT2D eigenvalue weighted by Crippen LogP contribution is 2.26. The van der Waals surface area contributed by atoms with Gasteiger partial charge in [-0.3, -0.25) is 14.9 Å². The summed E-state index contributed by atoms with van der Waals surface area (Å²) in [4.78, 5) is 24.9. The molecule has 3 rings (SSSR count). The van der Waals surface area contributed by atoms with Crippen LogP contribution in [-0.2, 0) is 11.2 Å². The van der Waals surface area contributed by atoms with Gasteiger partial charge in [-0.1, -0.05) is 60.6 Å². The van der Waals surface area contributed by atoms with Crippen LogP contribution in [0.4, 0.5) is 5.13 Å². The summed E-state index contributed by atoms with van der Waals surface area (Å²) in [6.07, 6.45) is 3.26. The van der Waals surface area contributed by atoms with Crippen LogP contribution in [0.5, 0.6) is 0 Å². The fraction of sp³-hybridized carbons (Fsp3) is 0.304. The molecule has 0 aliphatic rings. The molecule has 1 unspecified atom stereocenters. The third-order valence-electron chi connectivity index (χ3n) is 4.70. The number of aryl methyl sites for hydroxylation is 2. The van der Waals surface area contributed by atoms with Crippen molar-refractivity contribution in [2.24, 2.45) is 0 Å². The number of amides is 2. The summed E-state index contributed by atoms with van der Waals surface area (Å²) in [5.41, 5.74) is 3.83. The van der Waals surface area contributed by atoms with Crippen molar-refractivity contribution in [1.29, 1.82) is 0 Å². The van der Waals surface area contributed by atoms with E-state index in [1.165, 1.54) is 16.9 Å². The van der Waals surface area contributed by atoms with E-state index in [2.05, 4.69) is 27.8 Å². The van der Waals surface area contributed by atoms with Crippen molar-refractivity contribution in [1.82, 2.24) is 15.5 Å². The Labute approximate surface area is 180 Å². The van der Waals surface area contributed by atoms with Crippen molar-refractivity contribution >= 4 is 28.3 Å². The summed E-state index contributed by atoms with van der Waals surface area (Å²) in [6.45, 7) is 5.81. The third-order valence-corrected chi connectivity index (χ3v) is 5.58. The SMILES string of the molecule is CCCCc1ccc(C(=O)NC(C)C(=O)Nc2nnc(-c3cccc(C)c3)s2)cc1. The minimum absolute atomic E-state index is 0.280. The fourth-order valence-corrected chi connectivity index (χ4v) is 3.67. The molecule has 1 aromatic heterocycles. The van der Waals surface area contributed by atoms with Gasteiger partial charge >= 0.3 is 0 Å². The van der Waals surface area contributed by atoms with Crippen molar-refractivity contribution in [2.45, 2.75) is 46.1 Å². The Bertz CT molecular complexity index is 1010. The van der Waals surface area contributed by atoms with Crippen LogP contribution in [0.2, 0.25) is 0 Å². The normalized spacial score (nSPS) is 11.7. The Hall–Kier alpha value is -3.06. The van der Waals surface area contributed by atoms with Crippen LogP contribution in [0, 0.1) is 6.92 Å². The quantitative estimate of drug-likeness (QED) is 0.555. The molecule has 30 heavy (non-hydrogen) atoms. The number of nitrogens with one attached hydrogen (secondary N) is 2. The van der Waals surface area contributed by atoms with Crippen molar-refractivity contribution in [2.75, 3.05) is 5.32 Å². The van der Waals surface area contributed by atoms with Gasteiger partial charge in [0, 0.05) is 11.1 Å². The largest absolute Gasteiger partial charge is 0.341 e. The summed E-state index contributed by atoms with van der Waals surface area (Å²) in [5, 5.41) is 14.8. The Balaban J connectivity index is 1.56. The van der Waals surface area contributed by atoms with E-state index in [1.54, 1.807) is 19.1 Å². The highest BCUT2D eigenvalue weighted by Gasteiger charge is 2.18. The summed E-state index contributed by atoms with van der Waals surface area (Å²) in [5.74, 6) is -0.618. The highest BCUT2D eigenvalue weighted by atomic mass is 32.1. The molecule has 1 heterocycles. The first-order valence-electron chi connectivity index (χ1n) is 10.1. The zero-order chi connectivity index (χ0) is 21.5. The predicted octanol–water partition coefficient (Wildman–Crippen LogP) is 4.61. The molecule has 2 N–H and O–H groups in total. The van der Waals surface area contributed by atoms with Gasteiger partial charge in [-0.05, 0) is 50.5 Å². The second kappa shape index (κ2) is 10.1. The van der Waals surface area contributed by atoms with Crippen molar-refractivity contribution in [3.63, 3.8) is 0 Å². The molecule has 7 heteroatoms. The molecule has 0 radical (unpaired) electrons. The third kappa shape index (κ3) is 5.73. The topological polar surface area (TPSA) is 84.0 Å². The van der Waals surface area contributed by atoms with Gasteiger partial charge < -0.3 is 5.32 Å². The number of hydrogen-bond donors (Lipinski definition) is 2. The average molecular weight is 423 g/mol. The van der Waals surface area contributed by atoms with Gasteiger partial charge in [-0.2, -0.15) is 0 Å². The number of nitrogens with zero attached hydrogens (tertiary/aromatic N) is 2. The number of benzene rings is 2. The standard InChI is InChI=1S/C23H26N4O2S/c1-4-5-8-17-10-12-18(13-11-17)21(29)24-16(3)20(28)25-23-27-26-22(30-23)19-9-6-7-15(2)14-19/h6-7,9-14,16H,4-5,8H2,1-3H3,(H,24,29)(H,25,27,28). The maximum absolute atomic E-state index is 12.5. The second-order valence-corrected chi connectivity index (χ2v) is 8.24. The van der Waals surface area contributed by atoms with Crippen LogP contribution in [-0.4, -0.2) is 28.1 Å². The molecule has 156 valence electrons. The van der Waals surface area contributed by atoms with E-state index in [0.29, 0.717) is 10.7 Å². The summed E-state index contributed by atoms with van der Waals surface area (Å²) in [7, 11) is 0. The number of rotatable bonds is 8. The lowest BCUT2D eigenvalue weighted by molar-refractivity contribution is -0.117. The molecular formula is C23H26N4O2S. The van der Waals surface area contributed by atoms with Gasteiger partial charge in [0.15, 0.2) is 0 Å². The van der Waals surface area contributed by atoms with E-state index in [9.17, 15) is 9.59 Å². The Morgan fingerprint density at radius 3 is 2.57 bits per heavy atom. The van der Waals surface area contributed by atoms with Gasteiger partial charge in [-0.15, -0.1) is 10.2 Å². The smallest absolute Gasteiger partial charge is 0.251 e. The van der Waals surface area contributed by atoms with E-state index in [1.807, 2.05) is 43.3 Å². The monoisotopic (exact) mass is 422 g/mol. The summed E-state index contributed by atoms with van der Waals surface area (Å²) < 4.78 is 0. The van der Waals surface area contributed by atoms with Gasteiger partial charge in [-0.25, -0.2) is 0 Å². The molecular weight excluding hydrogens is 396 g/mol. The van der Waals surface area contributed by atoms with Gasteiger partial charge in [0.25, 0.3) is 5.91 Å². The first-order chi connectivity index (χ1) is 14.5. The Morgan fingerprint density at radius 2 is 1.87 bits per heavy atom. The lowest BCUT2D eigenvalue weighted by atomic mass is 10.1. The first-order valence-corrected chi connectivity index (χ1v) is 10.9. The number of hydrogen-bond acceptors (Lipinski definition) is 5. The molecule has 0 aliphatic carbocycles. The number of aromatic nitrogens is 2. The van der Waals surface area contributed by atoms with E-state index < -0.39 is 6.04 Å². The van der Waals surface area contributed by atoms with Gasteiger partial charge in [0.2, 0.25) is 11.0 Å².